The number of carbonyl (C=O) groups is 2. The number of aromatic nitrogens is 3. The maximum atomic E-state index is 12.3. The molecule has 3 aromatic rings. The van der Waals surface area contributed by atoms with Crippen molar-refractivity contribution in [3.8, 4) is 5.82 Å². The molecular weight excluding hydrogens is 442 g/mol. The summed E-state index contributed by atoms with van der Waals surface area (Å²) in [6.07, 6.45) is 10.0. The lowest BCUT2D eigenvalue weighted by Gasteiger charge is -2.20. The largest absolute Gasteiger partial charge is 0.466 e. The number of nitrogens with one attached hydrogen (secondary N) is 2. The maximum absolute atomic E-state index is 12.3. The molecule has 0 radical (unpaired) electrons. The summed E-state index contributed by atoms with van der Waals surface area (Å²) in [6.45, 7) is 8.60. The average Bonchev–Trinajstić information content (AvgIpc) is 3.35. The van der Waals surface area contributed by atoms with Crippen LogP contribution in [-0.4, -0.2) is 33.8 Å². The highest BCUT2D eigenvalue weighted by Crippen LogP contribution is 2.25. The first-order chi connectivity index (χ1) is 16.7. The fourth-order valence-corrected chi connectivity index (χ4v) is 3.46. The van der Waals surface area contributed by atoms with Crippen LogP contribution in [-0.2, 0) is 14.9 Å². The minimum Gasteiger partial charge on any atom is -0.466 e. The Kier molecular flexibility index (Phi) is 8.41. The predicted molar refractivity (Wildman–Crippen MR) is 136 cm³/mol. The molecule has 0 saturated heterocycles. The number of anilines is 1. The van der Waals surface area contributed by atoms with E-state index in [1.165, 1.54) is 13.3 Å². The van der Waals surface area contributed by atoms with Gasteiger partial charge in [0, 0.05) is 24.0 Å². The highest BCUT2D eigenvalue weighted by molar-refractivity contribution is 5.95. The molecule has 8 nitrogen and oxygen atoms in total. The van der Waals surface area contributed by atoms with Crippen LogP contribution in [0.3, 0.4) is 0 Å². The highest BCUT2D eigenvalue weighted by atomic mass is 16.5. The molecule has 0 aliphatic heterocycles. The number of ether oxygens (including phenoxy) is 1. The van der Waals surface area contributed by atoms with E-state index in [0.717, 1.165) is 41.5 Å². The van der Waals surface area contributed by atoms with E-state index >= 15 is 0 Å². The minimum absolute atomic E-state index is 0.0309. The third kappa shape index (κ3) is 7.02. The van der Waals surface area contributed by atoms with Gasteiger partial charge in [0.2, 0.25) is 0 Å². The third-order valence-corrected chi connectivity index (χ3v) is 5.56. The number of esters is 1. The van der Waals surface area contributed by atoms with Crippen molar-refractivity contribution in [1.29, 1.82) is 0 Å². The number of methoxy groups -OCH3 is 1. The average molecular weight is 476 g/mol. The zero-order valence-corrected chi connectivity index (χ0v) is 20.9. The van der Waals surface area contributed by atoms with Crippen LogP contribution in [0.2, 0.25) is 0 Å². The van der Waals surface area contributed by atoms with Crippen molar-refractivity contribution >= 4 is 17.6 Å². The quantitative estimate of drug-likeness (QED) is 0.336. The summed E-state index contributed by atoms with van der Waals surface area (Å²) >= 11 is 0. The molecule has 2 heterocycles. The summed E-state index contributed by atoms with van der Waals surface area (Å²) in [5.41, 5.74) is 3.66. The van der Waals surface area contributed by atoms with E-state index in [0.29, 0.717) is 5.56 Å². The van der Waals surface area contributed by atoms with Crippen molar-refractivity contribution in [2.24, 2.45) is 0 Å². The molecule has 0 bridgehead atoms. The van der Waals surface area contributed by atoms with Crippen molar-refractivity contribution in [2.75, 3.05) is 12.4 Å². The van der Waals surface area contributed by atoms with Gasteiger partial charge >= 0.3 is 5.97 Å². The van der Waals surface area contributed by atoms with Crippen molar-refractivity contribution in [1.82, 2.24) is 20.1 Å². The fraction of sp³-hybridized carbons (Fsp3) is 0.333. The molecule has 184 valence electrons. The first-order valence-electron chi connectivity index (χ1n) is 11.6. The van der Waals surface area contributed by atoms with Gasteiger partial charge in [-0.3, -0.25) is 4.79 Å². The van der Waals surface area contributed by atoms with E-state index < -0.39 is 5.97 Å². The number of hydrogen-bond donors (Lipinski definition) is 2. The SMILES string of the molecule is CCCC(Nc1ccc(-n2cc(C(C)(C)C)cn2)nc1)c1ccc(C(=O)N/C=C/C(=O)OC)cc1. The molecule has 0 saturated carbocycles. The summed E-state index contributed by atoms with van der Waals surface area (Å²) < 4.78 is 6.29. The van der Waals surface area contributed by atoms with Gasteiger partial charge in [0.15, 0.2) is 5.82 Å². The lowest BCUT2D eigenvalue weighted by molar-refractivity contribution is -0.134. The van der Waals surface area contributed by atoms with Crippen LogP contribution in [0, 0.1) is 0 Å². The fourth-order valence-electron chi connectivity index (χ4n) is 3.46. The first-order valence-corrected chi connectivity index (χ1v) is 11.6. The molecule has 2 aromatic heterocycles. The smallest absolute Gasteiger partial charge is 0.331 e. The monoisotopic (exact) mass is 475 g/mol. The van der Waals surface area contributed by atoms with Gasteiger partial charge in [-0.2, -0.15) is 5.10 Å². The summed E-state index contributed by atoms with van der Waals surface area (Å²) in [4.78, 5) is 28.0. The van der Waals surface area contributed by atoms with Crippen LogP contribution in [0.1, 0.15) is 68.1 Å². The molecule has 2 N–H and O–H groups in total. The van der Waals surface area contributed by atoms with Gasteiger partial charge in [-0.25, -0.2) is 14.5 Å². The molecular formula is C27H33N5O3. The van der Waals surface area contributed by atoms with Crippen LogP contribution >= 0.6 is 0 Å². The molecule has 1 atom stereocenters. The van der Waals surface area contributed by atoms with Gasteiger partial charge in [0.25, 0.3) is 5.91 Å². The minimum atomic E-state index is -0.532. The second-order valence-corrected chi connectivity index (χ2v) is 9.27. The van der Waals surface area contributed by atoms with Crippen LogP contribution in [0.15, 0.2) is 67.3 Å². The summed E-state index contributed by atoms with van der Waals surface area (Å²) in [6, 6.07) is 11.4. The van der Waals surface area contributed by atoms with Gasteiger partial charge < -0.3 is 15.4 Å². The predicted octanol–water partition coefficient (Wildman–Crippen LogP) is 4.93. The van der Waals surface area contributed by atoms with Gasteiger partial charge in [-0.15, -0.1) is 0 Å². The number of carbonyl (C=O) groups excluding carboxylic acids is 2. The van der Waals surface area contributed by atoms with Gasteiger partial charge in [0.1, 0.15) is 0 Å². The Morgan fingerprint density at radius 1 is 1.11 bits per heavy atom. The lowest BCUT2D eigenvalue weighted by Crippen LogP contribution is -2.18. The molecule has 1 aromatic carbocycles. The second kappa shape index (κ2) is 11.5. The highest BCUT2D eigenvalue weighted by Gasteiger charge is 2.17. The van der Waals surface area contributed by atoms with Gasteiger partial charge in [0.05, 0.1) is 31.2 Å². The Bertz CT molecular complexity index is 1160. The molecule has 1 amide bonds. The molecule has 1 unspecified atom stereocenters. The summed E-state index contributed by atoms with van der Waals surface area (Å²) in [5.74, 6) is -0.0737. The van der Waals surface area contributed by atoms with Crippen LogP contribution < -0.4 is 10.6 Å². The normalized spacial score (nSPS) is 12.4. The van der Waals surface area contributed by atoms with Crippen molar-refractivity contribution in [2.45, 2.75) is 52.0 Å². The zero-order valence-electron chi connectivity index (χ0n) is 20.9. The maximum Gasteiger partial charge on any atom is 0.331 e. The lowest BCUT2D eigenvalue weighted by atomic mass is 9.90. The number of hydrogen-bond acceptors (Lipinski definition) is 6. The van der Waals surface area contributed by atoms with Crippen LogP contribution in [0.5, 0.6) is 0 Å². The number of nitrogens with zero attached hydrogens (tertiary/aromatic N) is 3. The van der Waals surface area contributed by atoms with E-state index in [1.807, 2.05) is 42.9 Å². The molecule has 8 heteroatoms. The molecule has 3 rings (SSSR count). The zero-order chi connectivity index (χ0) is 25.4. The Hall–Kier alpha value is -3.94. The number of rotatable bonds is 9. The Labute approximate surface area is 206 Å². The number of benzene rings is 1. The van der Waals surface area contributed by atoms with Crippen LogP contribution in [0.25, 0.3) is 5.82 Å². The van der Waals surface area contributed by atoms with E-state index in [1.54, 1.807) is 16.8 Å². The van der Waals surface area contributed by atoms with E-state index in [2.05, 4.69) is 53.1 Å². The van der Waals surface area contributed by atoms with Crippen molar-refractivity contribution < 1.29 is 14.3 Å². The Morgan fingerprint density at radius 2 is 1.86 bits per heavy atom. The Balaban J connectivity index is 1.67. The van der Waals surface area contributed by atoms with Gasteiger partial charge in [-0.05, 0) is 47.2 Å². The van der Waals surface area contributed by atoms with Crippen LogP contribution in [0.4, 0.5) is 5.69 Å². The number of pyridine rings is 1. The second-order valence-electron chi connectivity index (χ2n) is 9.27. The molecule has 0 aliphatic carbocycles. The van der Waals surface area contributed by atoms with Gasteiger partial charge in [-0.1, -0.05) is 46.2 Å². The topological polar surface area (TPSA) is 98.1 Å². The van der Waals surface area contributed by atoms with E-state index in [9.17, 15) is 9.59 Å². The standard InChI is InChI=1S/C27H33N5O3/c1-6-7-23(19-8-10-20(11-9-19)26(34)28-15-14-25(33)35-5)31-22-12-13-24(29-17-22)32-18-21(16-30-32)27(2,3)4/h8-18,23,31H,6-7H2,1-5H3,(H,28,34)/b15-14+. The molecule has 35 heavy (non-hydrogen) atoms. The molecule has 0 fully saturated rings. The molecule has 0 spiro atoms. The molecule has 0 aliphatic rings. The Morgan fingerprint density at radius 3 is 2.43 bits per heavy atom. The number of amides is 1. The van der Waals surface area contributed by atoms with Crippen molar-refractivity contribution in [3.05, 3.63) is 84.0 Å². The van der Waals surface area contributed by atoms with E-state index in [4.69, 9.17) is 0 Å². The summed E-state index contributed by atoms with van der Waals surface area (Å²) in [7, 11) is 1.28. The van der Waals surface area contributed by atoms with Crippen molar-refractivity contribution in [3.63, 3.8) is 0 Å². The van der Waals surface area contributed by atoms with E-state index in [-0.39, 0.29) is 17.4 Å². The third-order valence-electron chi connectivity index (χ3n) is 5.56. The summed E-state index contributed by atoms with van der Waals surface area (Å²) in [5, 5.41) is 10.6. The first kappa shape index (κ1) is 25.7.